The highest BCUT2D eigenvalue weighted by molar-refractivity contribution is 7.89. The molecule has 0 unspecified atom stereocenters. The van der Waals surface area contributed by atoms with Crippen LogP contribution in [0.25, 0.3) is 0 Å². The molecule has 0 aromatic heterocycles. The van der Waals surface area contributed by atoms with Crippen molar-refractivity contribution >= 4 is 27.5 Å². The molecular weight excluding hydrogens is 424 g/mol. The van der Waals surface area contributed by atoms with E-state index in [0.717, 1.165) is 24.8 Å². The lowest BCUT2D eigenvalue weighted by Gasteiger charge is -2.32. The number of nitrogens with one attached hydrogen (secondary N) is 1. The van der Waals surface area contributed by atoms with Gasteiger partial charge in [-0.15, -0.1) is 0 Å². The van der Waals surface area contributed by atoms with Crippen molar-refractivity contribution in [2.24, 2.45) is 0 Å². The van der Waals surface area contributed by atoms with E-state index in [1.807, 2.05) is 19.1 Å². The minimum Gasteiger partial charge on any atom is -0.495 e. The average Bonchev–Trinajstić information content (AvgIpc) is 2.74. The maximum atomic E-state index is 13.3. The van der Waals surface area contributed by atoms with Gasteiger partial charge in [0.15, 0.2) is 0 Å². The fraction of sp³-hybridized carbons (Fsp3) is 0.409. The number of sulfonamides is 1. The van der Waals surface area contributed by atoms with Gasteiger partial charge < -0.3 is 10.1 Å². The average molecular weight is 451 g/mol. The summed E-state index contributed by atoms with van der Waals surface area (Å²) in [5.74, 6) is -0.0831. The summed E-state index contributed by atoms with van der Waals surface area (Å²) >= 11 is 5.89. The summed E-state index contributed by atoms with van der Waals surface area (Å²) in [5.41, 5.74) is 1.34. The molecule has 2 aromatic carbocycles. The molecule has 1 heterocycles. The molecule has 1 aliphatic heterocycles. The molecule has 0 bridgehead atoms. The van der Waals surface area contributed by atoms with E-state index in [9.17, 15) is 13.2 Å². The van der Waals surface area contributed by atoms with Crippen LogP contribution in [0.4, 0.5) is 0 Å². The zero-order chi connectivity index (χ0) is 21.7. The highest BCUT2D eigenvalue weighted by Gasteiger charge is 2.33. The molecule has 162 valence electrons. The zero-order valence-electron chi connectivity index (χ0n) is 17.2. The van der Waals surface area contributed by atoms with Crippen molar-refractivity contribution < 1.29 is 17.9 Å². The lowest BCUT2D eigenvalue weighted by molar-refractivity contribution is 0.0954. The van der Waals surface area contributed by atoms with E-state index < -0.39 is 10.0 Å². The predicted octanol–water partition coefficient (Wildman–Crippen LogP) is 3.88. The summed E-state index contributed by atoms with van der Waals surface area (Å²) in [5, 5.41) is 3.51. The van der Waals surface area contributed by atoms with Crippen molar-refractivity contribution in [3.63, 3.8) is 0 Å². The second-order valence-electron chi connectivity index (χ2n) is 7.46. The molecule has 0 aliphatic carbocycles. The number of hydrogen-bond donors (Lipinski definition) is 1. The number of carbonyl (C=O) groups is 1. The smallest absolute Gasteiger partial charge is 0.251 e. The number of rotatable bonds is 7. The first-order chi connectivity index (χ1) is 14.3. The molecule has 1 aliphatic rings. The minimum atomic E-state index is -3.76. The van der Waals surface area contributed by atoms with E-state index >= 15 is 0 Å². The van der Waals surface area contributed by atoms with Gasteiger partial charge in [-0.1, -0.05) is 30.2 Å². The van der Waals surface area contributed by atoms with E-state index in [1.165, 1.54) is 23.5 Å². The summed E-state index contributed by atoms with van der Waals surface area (Å²) in [6.07, 6.45) is 3.32. The predicted molar refractivity (Wildman–Crippen MR) is 118 cm³/mol. The van der Waals surface area contributed by atoms with Crippen molar-refractivity contribution in [2.75, 3.05) is 20.2 Å². The Kier molecular flexibility index (Phi) is 7.39. The number of hydrogen-bond acceptors (Lipinski definition) is 4. The SMILES string of the molecule is COc1ccc(C(=O)NCCc2ccc(Cl)cc2)cc1S(=O)(=O)N1CCCC[C@H]1C. The molecule has 0 spiro atoms. The molecule has 0 radical (unpaired) electrons. The zero-order valence-corrected chi connectivity index (χ0v) is 18.8. The second-order valence-corrected chi connectivity index (χ2v) is 9.75. The molecule has 8 heteroatoms. The normalized spacial score (nSPS) is 17.5. The first kappa shape index (κ1) is 22.6. The summed E-state index contributed by atoms with van der Waals surface area (Å²) in [7, 11) is -2.33. The van der Waals surface area contributed by atoms with Crippen LogP contribution in [0.5, 0.6) is 5.75 Å². The van der Waals surface area contributed by atoms with Crippen molar-refractivity contribution in [2.45, 2.75) is 43.5 Å². The quantitative estimate of drug-likeness (QED) is 0.694. The Bertz CT molecular complexity index is 993. The molecule has 3 rings (SSSR count). The first-order valence-corrected chi connectivity index (χ1v) is 11.9. The van der Waals surface area contributed by atoms with Gasteiger partial charge in [0.25, 0.3) is 5.91 Å². The monoisotopic (exact) mass is 450 g/mol. The highest BCUT2D eigenvalue weighted by atomic mass is 35.5. The van der Waals surface area contributed by atoms with E-state index in [0.29, 0.717) is 24.5 Å². The molecular formula is C22H27ClN2O4S. The number of carbonyl (C=O) groups excluding carboxylic acids is 1. The Hall–Kier alpha value is -2.09. The lowest BCUT2D eigenvalue weighted by atomic mass is 10.1. The van der Waals surface area contributed by atoms with Crippen LogP contribution < -0.4 is 10.1 Å². The maximum absolute atomic E-state index is 13.3. The second kappa shape index (κ2) is 9.81. The van der Waals surface area contributed by atoms with Gasteiger partial charge in [0.05, 0.1) is 7.11 Å². The molecule has 1 atom stereocenters. The van der Waals surface area contributed by atoms with E-state index in [4.69, 9.17) is 16.3 Å². The number of piperidine rings is 1. The van der Waals surface area contributed by atoms with Gasteiger partial charge in [-0.3, -0.25) is 4.79 Å². The molecule has 1 saturated heterocycles. The largest absolute Gasteiger partial charge is 0.495 e. The van der Waals surface area contributed by atoms with Gasteiger partial charge >= 0.3 is 0 Å². The topological polar surface area (TPSA) is 75.7 Å². The molecule has 6 nitrogen and oxygen atoms in total. The van der Waals surface area contributed by atoms with Crippen molar-refractivity contribution in [1.82, 2.24) is 9.62 Å². The Labute approximate surface area is 183 Å². The first-order valence-electron chi connectivity index (χ1n) is 10.1. The van der Waals surface area contributed by atoms with E-state index in [-0.39, 0.29) is 28.2 Å². The lowest BCUT2D eigenvalue weighted by Crippen LogP contribution is -2.42. The fourth-order valence-electron chi connectivity index (χ4n) is 3.65. The van der Waals surface area contributed by atoms with Gasteiger partial charge in [-0.05, 0) is 62.1 Å². The third-order valence-electron chi connectivity index (χ3n) is 5.37. The Morgan fingerprint density at radius 3 is 2.60 bits per heavy atom. The number of methoxy groups -OCH3 is 1. The molecule has 0 saturated carbocycles. The molecule has 2 aromatic rings. The summed E-state index contributed by atoms with van der Waals surface area (Å²) in [6.45, 7) is 2.82. The maximum Gasteiger partial charge on any atom is 0.251 e. The van der Waals surface area contributed by atoms with Crippen LogP contribution >= 0.6 is 11.6 Å². The van der Waals surface area contributed by atoms with Crippen LogP contribution in [0.3, 0.4) is 0 Å². The summed E-state index contributed by atoms with van der Waals surface area (Å²) < 4.78 is 33.4. The molecule has 1 fully saturated rings. The van der Waals surface area contributed by atoms with Gasteiger partial charge in [-0.2, -0.15) is 4.31 Å². The van der Waals surface area contributed by atoms with E-state index in [1.54, 1.807) is 18.2 Å². The number of benzene rings is 2. The van der Waals surface area contributed by atoms with Crippen LogP contribution in [0, 0.1) is 0 Å². The summed E-state index contributed by atoms with van der Waals surface area (Å²) in [6, 6.07) is 11.9. The Balaban J connectivity index is 1.76. The van der Waals surface area contributed by atoms with Crippen LogP contribution in [-0.4, -0.2) is 44.9 Å². The third kappa shape index (κ3) is 5.14. The Morgan fingerprint density at radius 1 is 1.20 bits per heavy atom. The van der Waals surface area contributed by atoms with Gasteiger partial charge in [-0.25, -0.2) is 8.42 Å². The third-order valence-corrected chi connectivity index (χ3v) is 7.65. The van der Waals surface area contributed by atoms with Crippen LogP contribution in [-0.2, 0) is 16.4 Å². The molecule has 30 heavy (non-hydrogen) atoms. The number of amides is 1. The highest BCUT2D eigenvalue weighted by Crippen LogP contribution is 2.31. The fourth-order valence-corrected chi connectivity index (χ4v) is 5.66. The summed E-state index contributed by atoms with van der Waals surface area (Å²) in [4.78, 5) is 12.7. The van der Waals surface area contributed by atoms with E-state index in [2.05, 4.69) is 5.32 Å². The van der Waals surface area contributed by atoms with Crippen LogP contribution in [0.2, 0.25) is 5.02 Å². The van der Waals surface area contributed by atoms with Crippen molar-refractivity contribution in [1.29, 1.82) is 0 Å². The van der Waals surface area contributed by atoms with Gasteiger partial charge in [0, 0.05) is 29.7 Å². The van der Waals surface area contributed by atoms with Gasteiger partial charge in [0.2, 0.25) is 10.0 Å². The number of ether oxygens (including phenoxy) is 1. The molecule has 1 amide bonds. The number of halogens is 1. The van der Waals surface area contributed by atoms with Crippen molar-refractivity contribution in [3.8, 4) is 5.75 Å². The van der Waals surface area contributed by atoms with Crippen LogP contribution in [0.15, 0.2) is 47.4 Å². The van der Waals surface area contributed by atoms with Crippen molar-refractivity contribution in [3.05, 3.63) is 58.6 Å². The standard InChI is InChI=1S/C22H27ClN2O4S/c1-16-5-3-4-14-25(16)30(27,28)21-15-18(8-11-20(21)29-2)22(26)24-13-12-17-6-9-19(23)10-7-17/h6-11,15-16H,3-5,12-14H2,1-2H3,(H,24,26)/t16-/m1/s1. The number of nitrogens with zero attached hydrogens (tertiary/aromatic N) is 1. The van der Waals surface area contributed by atoms with Crippen LogP contribution in [0.1, 0.15) is 42.1 Å². The van der Waals surface area contributed by atoms with Gasteiger partial charge in [0.1, 0.15) is 10.6 Å². The Morgan fingerprint density at radius 2 is 1.93 bits per heavy atom. The minimum absolute atomic E-state index is 0.0316. The molecule has 1 N–H and O–H groups in total.